The molecule has 0 radical (unpaired) electrons. The van der Waals surface area contributed by atoms with Gasteiger partial charge in [-0.3, -0.25) is 4.79 Å². The predicted octanol–water partition coefficient (Wildman–Crippen LogP) is 5.24. The van der Waals surface area contributed by atoms with Gasteiger partial charge in [-0.1, -0.05) is 30.3 Å². The molecule has 0 saturated heterocycles. The van der Waals surface area contributed by atoms with Gasteiger partial charge in [-0.2, -0.15) is 0 Å². The van der Waals surface area contributed by atoms with E-state index in [0.717, 1.165) is 16.9 Å². The number of ketones is 1. The summed E-state index contributed by atoms with van der Waals surface area (Å²) in [6.07, 6.45) is 3.45. The minimum absolute atomic E-state index is 0.194. The molecule has 2 aliphatic heterocycles. The molecule has 0 N–H and O–H groups in total. The number of fused-ring (bicyclic) bond motifs is 2. The zero-order valence-corrected chi connectivity index (χ0v) is 18.0. The molecule has 0 aromatic heterocycles. The van der Waals surface area contributed by atoms with E-state index in [2.05, 4.69) is 0 Å². The second-order valence-electron chi connectivity index (χ2n) is 7.63. The van der Waals surface area contributed by atoms with Crippen molar-refractivity contribution in [2.45, 2.75) is 13.0 Å². The minimum Gasteiger partial charge on any atom is -0.496 e. The molecule has 0 spiro atoms. The van der Waals surface area contributed by atoms with Crippen molar-refractivity contribution in [3.05, 3.63) is 101 Å². The van der Waals surface area contributed by atoms with Crippen LogP contribution >= 0.6 is 0 Å². The Labute approximate surface area is 190 Å². The van der Waals surface area contributed by atoms with E-state index in [9.17, 15) is 9.59 Å². The number of hydrogen-bond donors (Lipinski definition) is 0. The fourth-order valence-electron chi connectivity index (χ4n) is 3.78. The van der Waals surface area contributed by atoms with Gasteiger partial charge < -0.3 is 18.9 Å². The molecule has 1 unspecified atom stereocenters. The summed E-state index contributed by atoms with van der Waals surface area (Å²) < 4.78 is 22.5. The fourth-order valence-corrected chi connectivity index (χ4v) is 3.78. The summed E-state index contributed by atoms with van der Waals surface area (Å²) in [5.41, 5.74) is 2.48. The normalized spacial score (nSPS) is 17.4. The van der Waals surface area contributed by atoms with Gasteiger partial charge in [-0.05, 0) is 55.0 Å². The van der Waals surface area contributed by atoms with Crippen LogP contribution in [0.1, 0.15) is 33.2 Å². The molecule has 0 saturated carbocycles. The molecule has 0 fully saturated rings. The molecule has 2 heterocycles. The summed E-state index contributed by atoms with van der Waals surface area (Å²) in [4.78, 5) is 25.5. The lowest BCUT2D eigenvalue weighted by atomic mass is 10.0. The van der Waals surface area contributed by atoms with Gasteiger partial charge in [-0.15, -0.1) is 0 Å². The smallest absolute Gasteiger partial charge is 0.347 e. The van der Waals surface area contributed by atoms with Gasteiger partial charge in [0.1, 0.15) is 34.7 Å². The van der Waals surface area contributed by atoms with Crippen LogP contribution in [-0.2, 0) is 0 Å². The number of rotatable bonds is 4. The highest BCUT2D eigenvalue weighted by molar-refractivity contribution is 6.12. The Morgan fingerprint density at radius 2 is 1.79 bits per heavy atom. The van der Waals surface area contributed by atoms with Gasteiger partial charge in [0.25, 0.3) is 0 Å². The standard InChI is InChI=1S/C27H20O6/c1-16-18(13-17-7-3-5-9-22(17)31-16)14-25-26(28)20-12-11-19(15-24(20)33-25)32-27(29)21-8-4-6-10-23(21)30-2/h3-16H,1-2H3. The SMILES string of the molecule is COc1ccccc1C(=O)Oc1ccc2c(c1)OC(=CC1=Cc3ccccc3OC1C)C2=O. The van der Waals surface area contributed by atoms with E-state index >= 15 is 0 Å². The van der Waals surface area contributed by atoms with Crippen LogP contribution < -0.4 is 18.9 Å². The van der Waals surface area contributed by atoms with Crippen molar-refractivity contribution < 1.29 is 28.5 Å². The summed E-state index contributed by atoms with van der Waals surface area (Å²) in [5.74, 6) is 1.21. The van der Waals surface area contributed by atoms with E-state index in [1.165, 1.54) is 13.2 Å². The average molecular weight is 440 g/mol. The molecule has 0 aliphatic carbocycles. The van der Waals surface area contributed by atoms with Crippen LogP contribution in [0, 0.1) is 0 Å². The molecule has 0 amide bonds. The number of carbonyl (C=O) groups is 2. The molecule has 6 nitrogen and oxygen atoms in total. The molecule has 5 rings (SSSR count). The third-order valence-corrected chi connectivity index (χ3v) is 5.49. The maximum atomic E-state index is 12.9. The molecule has 164 valence electrons. The van der Waals surface area contributed by atoms with Gasteiger partial charge in [0.15, 0.2) is 5.76 Å². The highest BCUT2D eigenvalue weighted by atomic mass is 16.5. The number of benzene rings is 3. The molecular formula is C27H20O6. The van der Waals surface area contributed by atoms with Crippen molar-refractivity contribution in [1.82, 2.24) is 0 Å². The maximum absolute atomic E-state index is 12.9. The number of Topliss-reactive ketones (excluding diaryl/α,β-unsaturated/α-hetero) is 1. The highest BCUT2D eigenvalue weighted by Gasteiger charge is 2.30. The molecule has 3 aromatic carbocycles. The van der Waals surface area contributed by atoms with Gasteiger partial charge in [-0.25, -0.2) is 4.79 Å². The molecule has 1 atom stereocenters. The van der Waals surface area contributed by atoms with Crippen molar-refractivity contribution in [3.63, 3.8) is 0 Å². The number of carbonyl (C=O) groups excluding carboxylic acids is 2. The van der Waals surface area contributed by atoms with Crippen LogP contribution in [0.15, 0.2) is 84.1 Å². The maximum Gasteiger partial charge on any atom is 0.347 e. The second-order valence-corrected chi connectivity index (χ2v) is 7.63. The summed E-state index contributed by atoms with van der Waals surface area (Å²) in [5, 5.41) is 0. The Bertz CT molecular complexity index is 1330. The van der Waals surface area contributed by atoms with E-state index in [1.807, 2.05) is 37.3 Å². The second kappa shape index (κ2) is 8.31. The first kappa shape index (κ1) is 20.6. The van der Waals surface area contributed by atoms with E-state index in [4.69, 9.17) is 18.9 Å². The van der Waals surface area contributed by atoms with E-state index in [1.54, 1.807) is 42.5 Å². The molecule has 33 heavy (non-hydrogen) atoms. The molecule has 0 bridgehead atoms. The van der Waals surface area contributed by atoms with Crippen LogP contribution in [0.2, 0.25) is 0 Å². The molecule has 6 heteroatoms. The van der Waals surface area contributed by atoms with Crippen LogP contribution in [0.5, 0.6) is 23.0 Å². The first-order chi connectivity index (χ1) is 16.0. The van der Waals surface area contributed by atoms with Gasteiger partial charge in [0.05, 0.1) is 12.7 Å². The number of esters is 1. The Hall–Kier alpha value is -4.32. The number of methoxy groups -OCH3 is 1. The van der Waals surface area contributed by atoms with Crippen molar-refractivity contribution in [2.24, 2.45) is 0 Å². The monoisotopic (exact) mass is 440 g/mol. The fraction of sp³-hybridized carbons (Fsp3) is 0.111. The summed E-state index contributed by atoms with van der Waals surface area (Å²) in [6, 6.07) is 19.2. The van der Waals surface area contributed by atoms with Crippen molar-refractivity contribution in [3.8, 4) is 23.0 Å². The first-order valence-corrected chi connectivity index (χ1v) is 10.4. The van der Waals surface area contributed by atoms with Gasteiger partial charge in [0, 0.05) is 11.6 Å². The largest absolute Gasteiger partial charge is 0.496 e. The minimum atomic E-state index is -0.565. The van der Waals surface area contributed by atoms with Crippen molar-refractivity contribution in [1.29, 1.82) is 0 Å². The van der Waals surface area contributed by atoms with E-state index in [-0.39, 0.29) is 23.4 Å². The topological polar surface area (TPSA) is 71.1 Å². The average Bonchev–Trinajstić information content (AvgIpc) is 3.13. The summed E-state index contributed by atoms with van der Waals surface area (Å²) in [7, 11) is 1.49. The molecular weight excluding hydrogens is 420 g/mol. The number of hydrogen-bond acceptors (Lipinski definition) is 6. The van der Waals surface area contributed by atoms with Crippen LogP contribution in [0.3, 0.4) is 0 Å². The van der Waals surface area contributed by atoms with Crippen LogP contribution in [0.25, 0.3) is 6.08 Å². The lowest BCUT2D eigenvalue weighted by molar-refractivity contribution is 0.0731. The Kier molecular flexibility index (Phi) is 5.18. The van der Waals surface area contributed by atoms with Gasteiger partial charge in [0.2, 0.25) is 5.78 Å². The molecule has 2 aliphatic rings. The van der Waals surface area contributed by atoms with Crippen molar-refractivity contribution >= 4 is 17.8 Å². The summed E-state index contributed by atoms with van der Waals surface area (Å²) >= 11 is 0. The van der Waals surface area contributed by atoms with Crippen molar-refractivity contribution in [2.75, 3.05) is 7.11 Å². The zero-order chi connectivity index (χ0) is 22.9. The predicted molar refractivity (Wildman–Crippen MR) is 122 cm³/mol. The van der Waals surface area contributed by atoms with Crippen LogP contribution in [0.4, 0.5) is 0 Å². The third kappa shape index (κ3) is 3.87. The Morgan fingerprint density at radius 1 is 1.00 bits per heavy atom. The van der Waals surface area contributed by atoms with Crippen LogP contribution in [-0.4, -0.2) is 25.0 Å². The lowest BCUT2D eigenvalue weighted by Crippen LogP contribution is -2.18. The number of ether oxygens (including phenoxy) is 4. The quantitative estimate of drug-likeness (QED) is 0.314. The summed E-state index contributed by atoms with van der Waals surface area (Å²) in [6.45, 7) is 1.92. The van der Waals surface area contributed by atoms with Gasteiger partial charge >= 0.3 is 5.97 Å². The lowest BCUT2D eigenvalue weighted by Gasteiger charge is -2.22. The third-order valence-electron chi connectivity index (χ3n) is 5.49. The zero-order valence-electron chi connectivity index (χ0n) is 18.0. The number of para-hydroxylation sites is 2. The Balaban J connectivity index is 1.38. The molecule has 3 aromatic rings. The van der Waals surface area contributed by atoms with E-state index < -0.39 is 5.97 Å². The first-order valence-electron chi connectivity index (χ1n) is 10.4. The highest BCUT2D eigenvalue weighted by Crippen LogP contribution is 2.37. The Morgan fingerprint density at radius 3 is 2.64 bits per heavy atom. The number of allylic oxidation sites excluding steroid dienone is 1. The van der Waals surface area contributed by atoms with E-state index in [0.29, 0.717) is 22.6 Å².